The van der Waals surface area contributed by atoms with Crippen molar-refractivity contribution in [1.29, 1.82) is 0 Å². The Morgan fingerprint density at radius 1 is 1.23 bits per heavy atom. The van der Waals surface area contributed by atoms with Crippen molar-refractivity contribution in [3.63, 3.8) is 0 Å². The van der Waals surface area contributed by atoms with E-state index in [2.05, 4.69) is 4.99 Å². The van der Waals surface area contributed by atoms with E-state index in [9.17, 15) is 13.2 Å². The fourth-order valence-electron chi connectivity index (χ4n) is 3.68. The lowest BCUT2D eigenvalue weighted by Gasteiger charge is -2.25. The highest BCUT2D eigenvalue weighted by atomic mass is 35.5. The highest BCUT2D eigenvalue weighted by molar-refractivity contribution is 8.16. The second-order valence-electron chi connectivity index (χ2n) is 7.04. The van der Waals surface area contributed by atoms with Gasteiger partial charge in [-0.15, -0.1) is 0 Å². The Labute approximate surface area is 189 Å². The number of amides is 1. The largest absolute Gasteiger partial charge is 0.496 e. The molecule has 0 spiro atoms. The minimum Gasteiger partial charge on any atom is -0.496 e. The Morgan fingerprint density at radius 2 is 2.00 bits per heavy atom. The van der Waals surface area contributed by atoms with Gasteiger partial charge in [-0.2, -0.15) is 4.99 Å². The Morgan fingerprint density at radius 3 is 2.73 bits per heavy atom. The van der Waals surface area contributed by atoms with Crippen molar-refractivity contribution in [3.8, 4) is 5.75 Å². The van der Waals surface area contributed by atoms with Crippen LogP contribution in [0.3, 0.4) is 0 Å². The molecule has 4 rings (SSSR count). The van der Waals surface area contributed by atoms with Gasteiger partial charge in [0.2, 0.25) is 0 Å². The van der Waals surface area contributed by atoms with Gasteiger partial charge in [0.15, 0.2) is 15.0 Å². The minimum absolute atomic E-state index is 0.0106. The average molecular weight is 485 g/mol. The van der Waals surface area contributed by atoms with E-state index in [0.717, 1.165) is 5.56 Å². The van der Waals surface area contributed by atoms with Crippen molar-refractivity contribution in [3.05, 3.63) is 58.1 Å². The molecule has 0 N–H and O–H groups in total. The number of nitrogens with zero attached hydrogens (tertiary/aromatic N) is 2. The second kappa shape index (κ2) is 8.42. The number of fused-ring (bicyclic) bond motifs is 1. The number of hydrogen-bond donors (Lipinski definition) is 0. The van der Waals surface area contributed by atoms with Crippen molar-refractivity contribution >= 4 is 61.6 Å². The van der Waals surface area contributed by atoms with Gasteiger partial charge in [0.05, 0.1) is 41.8 Å². The van der Waals surface area contributed by atoms with Crippen molar-refractivity contribution in [2.75, 3.05) is 23.5 Å². The van der Waals surface area contributed by atoms with E-state index < -0.39 is 9.84 Å². The zero-order valence-electron chi connectivity index (χ0n) is 15.9. The van der Waals surface area contributed by atoms with E-state index >= 15 is 0 Å². The maximum absolute atomic E-state index is 12.7. The first kappa shape index (κ1) is 21.5. The number of benzene rings is 2. The van der Waals surface area contributed by atoms with Crippen molar-refractivity contribution in [2.24, 2.45) is 4.99 Å². The summed E-state index contributed by atoms with van der Waals surface area (Å²) in [6.45, 7) is 0. The number of halogens is 2. The molecule has 2 aliphatic rings. The van der Waals surface area contributed by atoms with Crippen LogP contribution in [0.4, 0.5) is 5.69 Å². The van der Waals surface area contributed by atoms with Crippen LogP contribution in [0.25, 0.3) is 0 Å². The number of carbonyl (C=O) groups is 1. The van der Waals surface area contributed by atoms with Crippen LogP contribution >= 0.6 is 35.0 Å². The van der Waals surface area contributed by atoms with E-state index in [1.165, 1.54) is 11.8 Å². The summed E-state index contributed by atoms with van der Waals surface area (Å²) in [6.07, 6.45) is 0.0733. The first-order chi connectivity index (χ1) is 14.3. The summed E-state index contributed by atoms with van der Waals surface area (Å²) in [4.78, 5) is 18.8. The van der Waals surface area contributed by atoms with Crippen LogP contribution in [0.2, 0.25) is 10.0 Å². The molecule has 2 aromatic rings. The lowest BCUT2D eigenvalue weighted by molar-refractivity contribution is -0.117. The van der Waals surface area contributed by atoms with E-state index in [1.807, 2.05) is 18.2 Å². The van der Waals surface area contributed by atoms with Gasteiger partial charge < -0.3 is 9.64 Å². The molecule has 0 unspecified atom stereocenters. The van der Waals surface area contributed by atoms with Crippen LogP contribution < -0.4 is 9.64 Å². The monoisotopic (exact) mass is 484 g/mol. The molecule has 2 aliphatic heterocycles. The number of rotatable bonds is 4. The minimum atomic E-state index is -3.16. The van der Waals surface area contributed by atoms with Crippen molar-refractivity contribution < 1.29 is 17.9 Å². The summed E-state index contributed by atoms with van der Waals surface area (Å²) in [5.74, 6) is 0.304. The molecule has 158 valence electrons. The zero-order valence-corrected chi connectivity index (χ0v) is 19.1. The van der Waals surface area contributed by atoms with E-state index in [4.69, 9.17) is 27.9 Å². The number of ether oxygens (including phenoxy) is 1. The number of para-hydroxylation sites is 1. The number of sulfone groups is 1. The van der Waals surface area contributed by atoms with Crippen LogP contribution in [-0.2, 0) is 21.1 Å². The third-order valence-corrected chi connectivity index (χ3v) is 8.74. The number of methoxy groups -OCH3 is 1. The molecule has 6 nitrogen and oxygen atoms in total. The number of amidine groups is 1. The Balaban J connectivity index is 1.68. The first-order valence-corrected chi connectivity index (χ1v) is 12.6. The van der Waals surface area contributed by atoms with Gasteiger partial charge in [-0.1, -0.05) is 53.2 Å². The molecule has 0 aliphatic carbocycles. The summed E-state index contributed by atoms with van der Waals surface area (Å²) < 4.78 is 29.7. The lowest BCUT2D eigenvalue weighted by atomic mass is 10.1. The highest BCUT2D eigenvalue weighted by Gasteiger charge is 2.49. The van der Waals surface area contributed by atoms with E-state index in [1.54, 1.807) is 36.3 Å². The standard InChI is InChI=1S/C20H18Cl2N2O4S2/c1-28-17-5-3-2-4-12(17)8-19(25)23-20-24(15-7-6-13(21)9-14(15)22)16-10-30(26,27)11-18(16)29-20/h2-7,9,16,18H,8,10-11H2,1H3/t16-,18-/m0/s1. The van der Waals surface area contributed by atoms with Gasteiger partial charge in [0, 0.05) is 15.8 Å². The van der Waals surface area contributed by atoms with Gasteiger partial charge >= 0.3 is 0 Å². The number of aliphatic imine (C=N–C) groups is 1. The Hall–Kier alpha value is -1.74. The molecular weight excluding hydrogens is 467 g/mol. The number of anilines is 1. The van der Waals surface area contributed by atoms with Crippen LogP contribution in [0, 0.1) is 0 Å². The van der Waals surface area contributed by atoms with Gasteiger partial charge in [-0.05, 0) is 24.3 Å². The predicted octanol–water partition coefficient (Wildman–Crippen LogP) is 3.85. The second-order valence-corrected chi connectivity index (χ2v) is 11.2. The molecule has 2 atom stereocenters. The number of thioether (sulfide) groups is 1. The summed E-state index contributed by atoms with van der Waals surface area (Å²) in [5, 5.41) is 1.08. The third kappa shape index (κ3) is 4.32. The summed E-state index contributed by atoms with van der Waals surface area (Å²) >= 11 is 13.7. The topological polar surface area (TPSA) is 76.0 Å². The average Bonchev–Trinajstić information content (AvgIpc) is 3.13. The Kier molecular flexibility index (Phi) is 6.03. The van der Waals surface area contributed by atoms with Gasteiger partial charge in [-0.3, -0.25) is 4.79 Å². The van der Waals surface area contributed by atoms with E-state index in [0.29, 0.717) is 26.6 Å². The highest BCUT2D eigenvalue weighted by Crippen LogP contribution is 2.43. The number of hydrogen-bond acceptors (Lipinski definition) is 5. The SMILES string of the molecule is COc1ccccc1CC(=O)N=C1S[C@H]2CS(=O)(=O)C[C@@H]2N1c1ccc(Cl)cc1Cl. The van der Waals surface area contributed by atoms with Gasteiger partial charge in [0.25, 0.3) is 5.91 Å². The van der Waals surface area contributed by atoms with Gasteiger partial charge in [0.1, 0.15) is 5.75 Å². The number of carbonyl (C=O) groups excluding carboxylic acids is 1. The molecule has 0 aromatic heterocycles. The van der Waals surface area contributed by atoms with Crippen LogP contribution in [0.1, 0.15) is 5.56 Å². The predicted molar refractivity (Wildman–Crippen MR) is 122 cm³/mol. The fraction of sp³-hybridized carbons (Fsp3) is 0.300. The smallest absolute Gasteiger partial charge is 0.252 e. The maximum Gasteiger partial charge on any atom is 0.252 e. The molecule has 2 saturated heterocycles. The molecule has 2 heterocycles. The molecule has 0 radical (unpaired) electrons. The molecule has 1 amide bonds. The molecule has 10 heteroatoms. The third-order valence-electron chi connectivity index (χ3n) is 4.99. The normalized spacial score (nSPS) is 23.6. The van der Waals surface area contributed by atoms with Crippen molar-refractivity contribution in [2.45, 2.75) is 17.7 Å². The molecule has 2 aromatic carbocycles. The quantitative estimate of drug-likeness (QED) is 0.655. The summed E-state index contributed by atoms with van der Waals surface area (Å²) in [6, 6.07) is 11.9. The molecule has 30 heavy (non-hydrogen) atoms. The summed E-state index contributed by atoms with van der Waals surface area (Å²) in [5.41, 5.74) is 1.32. The fourth-order valence-corrected chi connectivity index (χ4v) is 8.10. The van der Waals surface area contributed by atoms with E-state index in [-0.39, 0.29) is 35.1 Å². The first-order valence-electron chi connectivity index (χ1n) is 9.12. The van der Waals surface area contributed by atoms with Crippen molar-refractivity contribution in [1.82, 2.24) is 0 Å². The maximum atomic E-state index is 12.7. The van der Waals surface area contributed by atoms with Crippen LogP contribution in [-0.4, -0.2) is 49.4 Å². The Bertz CT molecular complexity index is 1140. The molecule has 2 fully saturated rings. The zero-order chi connectivity index (χ0) is 21.5. The van der Waals surface area contributed by atoms with Crippen LogP contribution in [0.5, 0.6) is 5.75 Å². The summed E-state index contributed by atoms with van der Waals surface area (Å²) in [7, 11) is -1.62. The molecule has 0 bridgehead atoms. The molecule has 0 saturated carbocycles. The lowest BCUT2D eigenvalue weighted by Crippen LogP contribution is -2.38. The van der Waals surface area contributed by atoms with Crippen LogP contribution in [0.15, 0.2) is 47.5 Å². The van der Waals surface area contributed by atoms with Gasteiger partial charge in [-0.25, -0.2) is 8.42 Å². The molecular formula is C20H18Cl2N2O4S2.